The fourth-order valence-corrected chi connectivity index (χ4v) is 3.74. The van der Waals surface area contributed by atoms with E-state index in [1.54, 1.807) is 0 Å². The molecule has 0 saturated heterocycles. The normalized spacial score (nSPS) is 11.1. The van der Waals surface area contributed by atoms with Crippen molar-refractivity contribution in [1.82, 2.24) is 4.57 Å². The molecular formula is C24H21NO5. The first kappa shape index (κ1) is 19.5. The van der Waals surface area contributed by atoms with Gasteiger partial charge in [0.15, 0.2) is 0 Å². The summed E-state index contributed by atoms with van der Waals surface area (Å²) >= 11 is 0. The van der Waals surface area contributed by atoms with E-state index in [9.17, 15) is 9.59 Å². The maximum atomic E-state index is 11.2. The van der Waals surface area contributed by atoms with E-state index in [1.165, 1.54) is 33.9 Å². The van der Waals surface area contributed by atoms with Crippen LogP contribution in [0.1, 0.15) is 33.6 Å². The van der Waals surface area contributed by atoms with Crippen LogP contribution in [0.15, 0.2) is 66.7 Å². The van der Waals surface area contributed by atoms with Crippen LogP contribution < -0.4 is 4.74 Å². The molecule has 0 spiro atoms. The zero-order valence-electron chi connectivity index (χ0n) is 16.2. The molecule has 4 aromatic rings. The number of carbonyl (C=O) groups is 2. The number of aromatic nitrogens is 1. The Hall–Kier alpha value is -3.80. The Morgan fingerprint density at radius 1 is 0.767 bits per heavy atom. The summed E-state index contributed by atoms with van der Waals surface area (Å²) in [6.45, 7) is 1.20. The average molecular weight is 403 g/mol. The van der Waals surface area contributed by atoms with Crippen LogP contribution in [-0.4, -0.2) is 33.3 Å². The number of benzene rings is 3. The van der Waals surface area contributed by atoms with Crippen molar-refractivity contribution in [1.29, 1.82) is 0 Å². The highest BCUT2D eigenvalue weighted by Gasteiger charge is 2.12. The predicted molar refractivity (Wildman–Crippen MR) is 115 cm³/mol. The summed E-state index contributed by atoms with van der Waals surface area (Å²) < 4.78 is 7.95. The molecule has 1 aromatic heterocycles. The summed E-state index contributed by atoms with van der Waals surface area (Å²) in [4.78, 5) is 22.4. The molecule has 0 radical (unpaired) electrons. The molecule has 0 bridgehead atoms. The van der Waals surface area contributed by atoms with E-state index in [1.807, 2.05) is 24.3 Å². The lowest BCUT2D eigenvalue weighted by atomic mass is 10.1. The number of fused-ring (bicyclic) bond motifs is 3. The van der Waals surface area contributed by atoms with Gasteiger partial charge in [-0.15, -0.1) is 0 Å². The highest BCUT2D eigenvalue weighted by Crippen LogP contribution is 2.29. The Morgan fingerprint density at radius 3 is 1.83 bits per heavy atom. The van der Waals surface area contributed by atoms with Crippen molar-refractivity contribution in [3.05, 3.63) is 77.9 Å². The molecular weight excluding hydrogens is 382 g/mol. The monoisotopic (exact) mass is 403 g/mol. The fraction of sp³-hybridized carbons (Fsp3) is 0.167. The summed E-state index contributed by atoms with van der Waals surface area (Å²) in [5, 5.41) is 20.8. The SMILES string of the molecule is O=C(O)c1cc(OCCCCn2c3ccccc3c3ccccc32)cc(C(=O)O)c1. The maximum absolute atomic E-state index is 11.2. The van der Waals surface area contributed by atoms with Gasteiger partial charge in [-0.1, -0.05) is 36.4 Å². The minimum Gasteiger partial charge on any atom is -0.494 e. The number of nitrogens with zero attached hydrogens (tertiary/aromatic N) is 1. The molecule has 2 N–H and O–H groups in total. The second-order valence-corrected chi connectivity index (χ2v) is 7.10. The predicted octanol–water partition coefficient (Wildman–Crippen LogP) is 5.05. The maximum Gasteiger partial charge on any atom is 0.335 e. The molecule has 1 heterocycles. The molecule has 6 nitrogen and oxygen atoms in total. The van der Waals surface area contributed by atoms with Crippen molar-refractivity contribution >= 4 is 33.7 Å². The Morgan fingerprint density at radius 2 is 1.30 bits per heavy atom. The third-order valence-electron chi connectivity index (χ3n) is 5.13. The second-order valence-electron chi connectivity index (χ2n) is 7.10. The number of hydrogen-bond acceptors (Lipinski definition) is 3. The molecule has 30 heavy (non-hydrogen) atoms. The van der Waals surface area contributed by atoms with Crippen molar-refractivity contribution < 1.29 is 24.5 Å². The summed E-state index contributed by atoms with van der Waals surface area (Å²) in [7, 11) is 0. The second kappa shape index (κ2) is 8.29. The van der Waals surface area contributed by atoms with E-state index in [0.29, 0.717) is 6.61 Å². The molecule has 3 aromatic carbocycles. The quantitative estimate of drug-likeness (QED) is 0.402. The van der Waals surface area contributed by atoms with Crippen LogP contribution in [0, 0.1) is 0 Å². The van der Waals surface area contributed by atoms with Crippen molar-refractivity contribution in [3.63, 3.8) is 0 Å². The minimum atomic E-state index is -1.19. The standard InChI is InChI=1S/C24H21NO5/c26-23(27)16-13-17(24(28)29)15-18(14-16)30-12-6-5-11-25-21-9-3-1-7-19(21)20-8-2-4-10-22(20)25/h1-4,7-10,13-15H,5-6,11-12H2,(H,26,27)(H,28,29). The number of hydrogen-bond donors (Lipinski definition) is 2. The zero-order chi connectivity index (χ0) is 21.1. The molecule has 0 saturated carbocycles. The van der Waals surface area contributed by atoms with E-state index >= 15 is 0 Å². The number of aromatic carboxylic acids is 2. The lowest BCUT2D eigenvalue weighted by Crippen LogP contribution is -2.06. The summed E-state index contributed by atoms with van der Waals surface area (Å²) in [6.07, 6.45) is 1.62. The van der Waals surface area contributed by atoms with Crippen LogP contribution in [0.5, 0.6) is 5.75 Å². The Bertz CT molecular complexity index is 1160. The van der Waals surface area contributed by atoms with Gasteiger partial charge in [-0.3, -0.25) is 0 Å². The van der Waals surface area contributed by atoms with Crippen LogP contribution >= 0.6 is 0 Å². The first-order valence-electron chi connectivity index (χ1n) is 9.75. The van der Waals surface area contributed by atoms with Gasteiger partial charge in [0.25, 0.3) is 0 Å². The molecule has 0 aliphatic heterocycles. The largest absolute Gasteiger partial charge is 0.494 e. The Kier molecular flexibility index (Phi) is 5.39. The van der Waals surface area contributed by atoms with Crippen LogP contribution in [-0.2, 0) is 6.54 Å². The van der Waals surface area contributed by atoms with E-state index in [-0.39, 0.29) is 16.9 Å². The molecule has 0 aliphatic carbocycles. The average Bonchev–Trinajstić information content (AvgIpc) is 3.07. The fourth-order valence-electron chi connectivity index (χ4n) is 3.74. The molecule has 4 rings (SSSR count). The number of carboxylic acids is 2. The van der Waals surface area contributed by atoms with Gasteiger partial charge in [0.1, 0.15) is 5.75 Å². The number of para-hydroxylation sites is 2. The van der Waals surface area contributed by atoms with Crippen LogP contribution in [0.4, 0.5) is 0 Å². The van der Waals surface area contributed by atoms with E-state index in [4.69, 9.17) is 14.9 Å². The topological polar surface area (TPSA) is 88.8 Å². The zero-order valence-corrected chi connectivity index (χ0v) is 16.2. The van der Waals surface area contributed by atoms with Gasteiger partial charge < -0.3 is 19.5 Å². The van der Waals surface area contributed by atoms with Crippen molar-refractivity contribution in [2.45, 2.75) is 19.4 Å². The molecule has 0 fully saturated rings. The van der Waals surface area contributed by atoms with Gasteiger partial charge in [-0.25, -0.2) is 9.59 Å². The molecule has 0 amide bonds. The number of aryl methyl sites for hydroxylation is 1. The van der Waals surface area contributed by atoms with Crippen LogP contribution in [0.3, 0.4) is 0 Å². The van der Waals surface area contributed by atoms with Crippen LogP contribution in [0.25, 0.3) is 21.8 Å². The van der Waals surface area contributed by atoms with Gasteiger partial charge >= 0.3 is 11.9 Å². The van der Waals surface area contributed by atoms with E-state index in [0.717, 1.165) is 25.5 Å². The number of carboxylic acid groups (broad SMARTS) is 2. The number of ether oxygens (including phenoxy) is 1. The summed E-state index contributed by atoms with van der Waals surface area (Å²) in [6, 6.07) is 20.5. The van der Waals surface area contributed by atoms with Gasteiger partial charge in [0.2, 0.25) is 0 Å². The third kappa shape index (κ3) is 3.85. The van der Waals surface area contributed by atoms with E-state index < -0.39 is 11.9 Å². The lowest BCUT2D eigenvalue weighted by Gasteiger charge is -2.10. The van der Waals surface area contributed by atoms with Gasteiger partial charge in [0.05, 0.1) is 17.7 Å². The number of unbranched alkanes of at least 4 members (excludes halogenated alkanes) is 1. The van der Waals surface area contributed by atoms with Gasteiger partial charge in [-0.2, -0.15) is 0 Å². The third-order valence-corrected chi connectivity index (χ3v) is 5.13. The first-order chi connectivity index (χ1) is 14.5. The van der Waals surface area contributed by atoms with Crippen molar-refractivity contribution in [2.75, 3.05) is 6.61 Å². The molecule has 0 aliphatic rings. The summed E-state index contributed by atoms with van der Waals surface area (Å²) in [5.41, 5.74) is 2.19. The molecule has 6 heteroatoms. The molecule has 152 valence electrons. The highest BCUT2D eigenvalue weighted by molar-refractivity contribution is 6.07. The van der Waals surface area contributed by atoms with Gasteiger partial charge in [0, 0.05) is 28.4 Å². The first-order valence-corrected chi connectivity index (χ1v) is 9.75. The molecule has 0 unspecified atom stereocenters. The molecule has 0 atom stereocenters. The highest BCUT2D eigenvalue weighted by atomic mass is 16.5. The van der Waals surface area contributed by atoms with E-state index in [2.05, 4.69) is 28.8 Å². The smallest absolute Gasteiger partial charge is 0.335 e. The minimum absolute atomic E-state index is 0.102. The number of rotatable bonds is 8. The Labute approximate surface area is 172 Å². The lowest BCUT2D eigenvalue weighted by molar-refractivity contribution is 0.0696. The van der Waals surface area contributed by atoms with Crippen LogP contribution in [0.2, 0.25) is 0 Å². The van der Waals surface area contributed by atoms with Gasteiger partial charge in [-0.05, 0) is 43.2 Å². The van der Waals surface area contributed by atoms with Crippen molar-refractivity contribution in [3.8, 4) is 5.75 Å². The Balaban J connectivity index is 1.43. The summed E-state index contributed by atoms with van der Waals surface area (Å²) in [5.74, 6) is -2.12. The van der Waals surface area contributed by atoms with Crippen molar-refractivity contribution in [2.24, 2.45) is 0 Å².